The summed E-state index contributed by atoms with van der Waals surface area (Å²) in [4.78, 5) is 0.160. The molecule has 0 fully saturated rings. The highest BCUT2D eigenvalue weighted by Gasteiger charge is 2.16. The lowest BCUT2D eigenvalue weighted by Gasteiger charge is -2.15. The van der Waals surface area contributed by atoms with E-state index in [1.54, 1.807) is 36.4 Å². The van der Waals surface area contributed by atoms with Gasteiger partial charge in [0, 0.05) is 0 Å². The van der Waals surface area contributed by atoms with Crippen LogP contribution in [0.5, 0.6) is 11.5 Å². The van der Waals surface area contributed by atoms with Gasteiger partial charge in [-0.1, -0.05) is 12.1 Å². The van der Waals surface area contributed by atoms with Gasteiger partial charge in [0.2, 0.25) is 0 Å². The third kappa shape index (κ3) is 3.92. The first-order chi connectivity index (χ1) is 10.4. The summed E-state index contributed by atoms with van der Waals surface area (Å²) in [6.07, 6.45) is -0.0494. The molecule has 0 aromatic heterocycles. The molecule has 118 valence electrons. The van der Waals surface area contributed by atoms with E-state index >= 15 is 0 Å². The van der Waals surface area contributed by atoms with Crippen LogP contribution in [0.25, 0.3) is 0 Å². The summed E-state index contributed by atoms with van der Waals surface area (Å²) in [5.74, 6) is 1.09. The fourth-order valence-corrected chi connectivity index (χ4v) is 2.94. The first-order valence-electron chi connectivity index (χ1n) is 6.85. The number of benzene rings is 2. The van der Waals surface area contributed by atoms with Crippen LogP contribution in [0.2, 0.25) is 0 Å². The van der Waals surface area contributed by atoms with Gasteiger partial charge in [-0.3, -0.25) is 4.72 Å². The van der Waals surface area contributed by atoms with E-state index in [2.05, 4.69) is 4.72 Å². The normalized spacial score (nSPS) is 11.3. The smallest absolute Gasteiger partial charge is 0.262 e. The van der Waals surface area contributed by atoms with Crippen molar-refractivity contribution >= 4 is 15.7 Å². The zero-order valence-corrected chi connectivity index (χ0v) is 13.6. The van der Waals surface area contributed by atoms with Crippen molar-refractivity contribution in [3.05, 3.63) is 48.5 Å². The molecule has 0 aliphatic carbocycles. The SMILES string of the molecule is COc1ccc(S(=O)(=O)Nc2ccccc2OC(C)C)cc1. The van der Waals surface area contributed by atoms with Crippen LogP contribution in [0, 0.1) is 0 Å². The van der Waals surface area contributed by atoms with E-state index in [4.69, 9.17) is 9.47 Å². The van der Waals surface area contributed by atoms with E-state index in [0.717, 1.165) is 0 Å². The summed E-state index contributed by atoms with van der Waals surface area (Å²) >= 11 is 0. The number of anilines is 1. The summed E-state index contributed by atoms with van der Waals surface area (Å²) in [5, 5.41) is 0. The van der Waals surface area contributed by atoms with E-state index in [1.165, 1.54) is 19.2 Å². The molecule has 5 nitrogen and oxygen atoms in total. The zero-order chi connectivity index (χ0) is 16.2. The average molecular weight is 321 g/mol. The Kier molecular flexibility index (Phi) is 4.92. The van der Waals surface area contributed by atoms with Crippen LogP contribution in [0.15, 0.2) is 53.4 Å². The molecular weight excluding hydrogens is 302 g/mol. The van der Waals surface area contributed by atoms with Crippen LogP contribution in [-0.2, 0) is 10.0 Å². The Bertz CT molecular complexity index is 724. The molecule has 2 rings (SSSR count). The molecule has 6 heteroatoms. The van der Waals surface area contributed by atoms with Crippen molar-refractivity contribution in [2.24, 2.45) is 0 Å². The highest BCUT2D eigenvalue weighted by atomic mass is 32.2. The van der Waals surface area contributed by atoms with Crippen LogP contribution < -0.4 is 14.2 Å². The minimum Gasteiger partial charge on any atom is -0.497 e. The molecule has 0 saturated carbocycles. The van der Waals surface area contributed by atoms with Gasteiger partial charge in [-0.2, -0.15) is 0 Å². The lowest BCUT2D eigenvalue weighted by atomic mass is 10.3. The summed E-state index contributed by atoms with van der Waals surface area (Å²) < 4.78 is 38.1. The Hall–Kier alpha value is -2.21. The maximum absolute atomic E-state index is 12.4. The van der Waals surface area contributed by atoms with Gasteiger partial charge in [0.1, 0.15) is 11.5 Å². The van der Waals surface area contributed by atoms with E-state index in [-0.39, 0.29) is 11.0 Å². The van der Waals surface area contributed by atoms with Crippen LogP contribution >= 0.6 is 0 Å². The molecule has 0 radical (unpaired) electrons. The molecule has 0 bridgehead atoms. The zero-order valence-electron chi connectivity index (χ0n) is 12.7. The third-order valence-electron chi connectivity index (χ3n) is 2.86. The molecule has 0 saturated heterocycles. The fourth-order valence-electron chi connectivity index (χ4n) is 1.87. The Morgan fingerprint density at radius 2 is 1.64 bits per heavy atom. The van der Waals surface area contributed by atoms with E-state index in [9.17, 15) is 8.42 Å². The van der Waals surface area contributed by atoms with Crippen molar-refractivity contribution in [1.29, 1.82) is 0 Å². The van der Waals surface area contributed by atoms with Gasteiger partial charge in [-0.25, -0.2) is 8.42 Å². The van der Waals surface area contributed by atoms with Crippen LogP contribution in [0.1, 0.15) is 13.8 Å². The van der Waals surface area contributed by atoms with Crippen LogP contribution in [-0.4, -0.2) is 21.6 Å². The molecule has 2 aromatic rings. The predicted molar refractivity (Wildman–Crippen MR) is 86.0 cm³/mol. The average Bonchev–Trinajstić information content (AvgIpc) is 2.48. The largest absolute Gasteiger partial charge is 0.497 e. The lowest BCUT2D eigenvalue weighted by Crippen LogP contribution is -2.15. The molecule has 0 aliphatic heterocycles. The van der Waals surface area contributed by atoms with Gasteiger partial charge in [0.15, 0.2) is 0 Å². The second-order valence-corrected chi connectivity index (χ2v) is 6.63. The number of ether oxygens (including phenoxy) is 2. The van der Waals surface area contributed by atoms with Crippen molar-refractivity contribution in [1.82, 2.24) is 0 Å². The van der Waals surface area contributed by atoms with Gasteiger partial charge in [0.05, 0.1) is 23.8 Å². The first kappa shape index (κ1) is 16.2. The Balaban J connectivity index is 2.28. The number of hydrogen-bond acceptors (Lipinski definition) is 4. The Labute approximate surface area is 130 Å². The summed E-state index contributed by atoms with van der Waals surface area (Å²) in [5.41, 5.74) is 0.409. The maximum Gasteiger partial charge on any atom is 0.262 e. The Morgan fingerprint density at radius 1 is 1.00 bits per heavy atom. The molecule has 0 spiro atoms. The van der Waals surface area contributed by atoms with Crippen molar-refractivity contribution in [3.8, 4) is 11.5 Å². The van der Waals surface area contributed by atoms with Crippen LogP contribution in [0.4, 0.5) is 5.69 Å². The number of para-hydroxylation sites is 2. The Morgan fingerprint density at radius 3 is 2.23 bits per heavy atom. The monoisotopic (exact) mass is 321 g/mol. The number of nitrogens with one attached hydrogen (secondary N) is 1. The van der Waals surface area contributed by atoms with Gasteiger partial charge in [0.25, 0.3) is 10.0 Å². The number of hydrogen-bond donors (Lipinski definition) is 1. The summed E-state index contributed by atoms with van der Waals surface area (Å²) in [6, 6.07) is 13.1. The van der Waals surface area contributed by atoms with Gasteiger partial charge in [-0.05, 0) is 50.2 Å². The van der Waals surface area contributed by atoms with Crippen molar-refractivity contribution in [2.45, 2.75) is 24.8 Å². The van der Waals surface area contributed by atoms with E-state index < -0.39 is 10.0 Å². The van der Waals surface area contributed by atoms with Gasteiger partial charge in [-0.15, -0.1) is 0 Å². The summed E-state index contributed by atoms with van der Waals surface area (Å²) in [7, 11) is -2.15. The van der Waals surface area contributed by atoms with Gasteiger partial charge >= 0.3 is 0 Å². The molecule has 0 atom stereocenters. The molecule has 1 N–H and O–H groups in total. The fraction of sp³-hybridized carbons (Fsp3) is 0.250. The van der Waals surface area contributed by atoms with E-state index in [1.807, 2.05) is 13.8 Å². The van der Waals surface area contributed by atoms with Crippen molar-refractivity contribution in [3.63, 3.8) is 0 Å². The minimum absolute atomic E-state index is 0.0494. The first-order valence-corrected chi connectivity index (χ1v) is 8.33. The molecule has 0 heterocycles. The van der Waals surface area contributed by atoms with Gasteiger partial charge < -0.3 is 9.47 Å². The second-order valence-electron chi connectivity index (χ2n) is 4.94. The maximum atomic E-state index is 12.4. The molecule has 0 amide bonds. The van der Waals surface area contributed by atoms with Crippen molar-refractivity contribution in [2.75, 3.05) is 11.8 Å². The third-order valence-corrected chi connectivity index (χ3v) is 4.25. The standard InChI is InChI=1S/C16H19NO4S/c1-12(2)21-16-7-5-4-6-15(16)17-22(18,19)14-10-8-13(20-3)9-11-14/h4-12,17H,1-3H3. The molecule has 0 unspecified atom stereocenters. The predicted octanol–water partition coefficient (Wildman–Crippen LogP) is 3.28. The quantitative estimate of drug-likeness (QED) is 0.887. The minimum atomic E-state index is -3.68. The second kappa shape index (κ2) is 6.70. The molecule has 0 aliphatic rings. The lowest BCUT2D eigenvalue weighted by molar-refractivity contribution is 0.244. The highest BCUT2D eigenvalue weighted by molar-refractivity contribution is 7.92. The molecular formula is C16H19NO4S. The number of sulfonamides is 1. The molecule has 2 aromatic carbocycles. The number of rotatable bonds is 6. The number of methoxy groups -OCH3 is 1. The highest BCUT2D eigenvalue weighted by Crippen LogP contribution is 2.27. The topological polar surface area (TPSA) is 64.6 Å². The van der Waals surface area contributed by atoms with Crippen LogP contribution in [0.3, 0.4) is 0 Å². The van der Waals surface area contributed by atoms with E-state index in [0.29, 0.717) is 17.2 Å². The summed E-state index contributed by atoms with van der Waals surface area (Å²) in [6.45, 7) is 3.77. The van der Waals surface area contributed by atoms with Crippen molar-refractivity contribution < 1.29 is 17.9 Å². The molecule has 22 heavy (non-hydrogen) atoms.